The predicted octanol–water partition coefficient (Wildman–Crippen LogP) is 2.55. The fraction of sp³-hybridized carbons (Fsp3) is 0.385. The van der Waals surface area contributed by atoms with Crippen molar-refractivity contribution >= 4 is 29.2 Å². The quantitative estimate of drug-likeness (QED) is 0.890. The second kappa shape index (κ2) is 6.04. The first-order chi connectivity index (χ1) is 9.06. The number of anilines is 1. The number of rotatable bonds is 4. The number of carbonyl (C=O) groups is 2. The van der Waals surface area contributed by atoms with Crippen LogP contribution in [0.5, 0.6) is 0 Å². The van der Waals surface area contributed by atoms with E-state index in [4.69, 9.17) is 21.4 Å². The van der Waals surface area contributed by atoms with Crippen molar-refractivity contribution in [1.82, 2.24) is 0 Å². The summed E-state index contributed by atoms with van der Waals surface area (Å²) in [4.78, 5) is 22.5. The highest BCUT2D eigenvalue weighted by Gasteiger charge is 2.19. The van der Waals surface area contributed by atoms with Crippen LogP contribution >= 0.6 is 11.6 Å². The summed E-state index contributed by atoms with van der Waals surface area (Å²) in [6, 6.07) is 4.20. The van der Waals surface area contributed by atoms with E-state index < -0.39 is 5.97 Å². The van der Waals surface area contributed by atoms with Gasteiger partial charge >= 0.3 is 5.97 Å². The number of amides is 1. The van der Waals surface area contributed by atoms with Crippen LogP contribution < -0.4 is 5.32 Å². The van der Waals surface area contributed by atoms with Gasteiger partial charge in [-0.3, -0.25) is 4.79 Å². The first-order valence-corrected chi connectivity index (χ1v) is 6.38. The molecule has 0 radical (unpaired) electrons. The second-order valence-electron chi connectivity index (χ2n) is 4.39. The van der Waals surface area contributed by atoms with Gasteiger partial charge < -0.3 is 15.2 Å². The Hall–Kier alpha value is -1.59. The van der Waals surface area contributed by atoms with Gasteiger partial charge in [-0.05, 0) is 31.0 Å². The lowest BCUT2D eigenvalue weighted by Crippen LogP contribution is -2.19. The molecule has 1 aromatic carbocycles. The van der Waals surface area contributed by atoms with E-state index >= 15 is 0 Å². The first-order valence-electron chi connectivity index (χ1n) is 6.00. The molecule has 1 fully saturated rings. The van der Waals surface area contributed by atoms with E-state index in [0.717, 1.165) is 12.8 Å². The summed E-state index contributed by atoms with van der Waals surface area (Å²) in [6.07, 6.45) is 2.12. The number of hydrogen-bond donors (Lipinski definition) is 2. The van der Waals surface area contributed by atoms with Gasteiger partial charge in [0, 0.05) is 6.61 Å². The van der Waals surface area contributed by atoms with Gasteiger partial charge in [-0.1, -0.05) is 11.6 Å². The molecule has 1 amide bonds. The third kappa shape index (κ3) is 3.68. The highest BCUT2D eigenvalue weighted by molar-refractivity contribution is 6.34. The number of carboxylic acid groups (broad SMARTS) is 1. The molecule has 1 saturated heterocycles. The van der Waals surface area contributed by atoms with E-state index in [2.05, 4.69) is 5.32 Å². The van der Waals surface area contributed by atoms with Crippen molar-refractivity contribution in [2.24, 2.45) is 0 Å². The molecule has 5 nitrogen and oxygen atoms in total. The molecule has 1 unspecified atom stereocenters. The van der Waals surface area contributed by atoms with Gasteiger partial charge in [0.15, 0.2) is 0 Å². The number of benzene rings is 1. The van der Waals surface area contributed by atoms with Crippen LogP contribution in [-0.2, 0) is 9.53 Å². The standard InChI is InChI=1S/C13H14ClNO4/c14-10-6-8(13(17)18)3-4-11(10)15-12(16)7-9-2-1-5-19-9/h3-4,6,9H,1-2,5,7H2,(H,15,16)(H,17,18). The van der Waals surface area contributed by atoms with E-state index in [1.165, 1.54) is 18.2 Å². The number of carbonyl (C=O) groups excluding carboxylic acids is 1. The largest absolute Gasteiger partial charge is 0.478 e. The lowest BCUT2D eigenvalue weighted by molar-refractivity contribution is -0.118. The Kier molecular flexibility index (Phi) is 4.39. The summed E-state index contributed by atoms with van der Waals surface area (Å²) < 4.78 is 5.37. The summed E-state index contributed by atoms with van der Waals surface area (Å²) >= 11 is 5.92. The SMILES string of the molecule is O=C(CC1CCCO1)Nc1ccc(C(=O)O)cc1Cl. The average Bonchev–Trinajstić information content (AvgIpc) is 2.84. The zero-order chi connectivity index (χ0) is 13.8. The van der Waals surface area contributed by atoms with Gasteiger partial charge in [-0.25, -0.2) is 4.79 Å². The summed E-state index contributed by atoms with van der Waals surface area (Å²) in [6.45, 7) is 0.700. The fourth-order valence-corrected chi connectivity index (χ4v) is 2.19. The molecular formula is C13H14ClNO4. The minimum atomic E-state index is -1.06. The maximum atomic E-state index is 11.8. The van der Waals surface area contributed by atoms with Crippen LogP contribution in [0.15, 0.2) is 18.2 Å². The zero-order valence-electron chi connectivity index (χ0n) is 10.2. The van der Waals surface area contributed by atoms with E-state index in [9.17, 15) is 9.59 Å². The Balaban J connectivity index is 1.98. The van der Waals surface area contributed by atoms with Crippen molar-refractivity contribution in [3.63, 3.8) is 0 Å². The summed E-state index contributed by atoms with van der Waals surface area (Å²) in [5.74, 6) is -1.24. The molecule has 0 aromatic heterocycles. The van der Waals surface area contributed by atoms with Crippen LogP contribution in [-0.4, -0.2) is 29.7 Å². The molecule has 0 bridgehead atoms. The maximum absolute atomic E-state index is 11.8. The molecule has 102 valence electrons. The van der Waals surface area contributed by atoms with Gasteiger partial charge in [-0.2, -0.15) is 0 Å². The number of carboxylic acids is 1. The monoisotopic (exact) mass is 283 g/mol. The molecule has 6 heteroatoms. The molecule has 2 N–H and O–H groups in total. The fourth-order valence-electron chi connectivity index (χ4n) is 1.96. The summed E-state index contributed by atoms with van der Waals surface area (Å²) in [5, 5.41) is 11.7. The highest BCUT2D eigenvalue weighted by atomic mass is 35.5. The van der Waals surface area contributed by atoms with Crippen molar-refractivity contribution < 1.29 is 19.4 Å². The van der Waals surface area contributed by atoms with Crippen LogP contribution in [0.25, 0.3) is 0 Å². The number of halogens is 1. The number of aromatic carboxylic acids is 1. The van der Waals surface area contributed by atoms with Crippen LogP contribution in [0.3, 0.4) is 0 Å². The molecule has 2 rings (SSSR count). The first kappa shape index (κ1) is 13.8. The molecule has 1 heterocycles. The molecule has 1 aliphatic heterocycles. The van der Waals surface area contributed by atoms with E-state index in [0.29, 0.717) is 12.3 Å². The van der Waals surface area contributed by atoms with Gasteiger partial charge in [-0.15, -0.1) is 0 Å². The molecule has 0 spiro atoms. The molecule has 19 heavy (non-hydrogen) atoms. The van der Waals surface area contributed by atoms with Crippen molar-refractivity contribution in [3.8, 4) is 0 Å². The zero-order valence-corrected chi connectivity index (χ0v) is 10.9. The highest BCUT2D eigenvalue weighted by Crippen LogP contribution is 2.24. The third-order valence-corrected chi connectivity index (χ3v) is 3.24. The minimum Gasteiger partial charge on any atom is -0.478 e. The Morgan fingerprint density at radius 1 is 1.47 bits per heavy atom. The summed E-state index contributed by atoms with van der Waals surface area (Å²) in [7, 11) is 0. The second-order valence-corrected chi connectivity index (χ2v) is 4.79. The van der Waals surface area contributed by atoms with Crippen LogP contribution in [0.1, 0.15) is 29.6 Å². The average molecular weight is 284 g/mol. The molecule has 1 aromatic rings. The van der Waals surface area contributed by atoms with Crippen molar-refractivity contribution in [2.75, 3.05) is 11.9 Å². The van der Waals surface area contributed by atoms with Crippen molar-refractivity contribution in [1.29, 1.82) is 0 Å². The number of ether oxygens (including phenoxy) is 1. The number of hydrogen-bond acceptors (Lipinski definition) is 3. The Morgan fingerprint density at radius 3 is 2.84 bits per heavy atom. The Bertz CT molecular complexity index is 497. The van der Waals surface area contributed by atoms with Crippen molar-refractivity contribution in [3.05, 3.63) is 28.8 Å². The maximum Gasteiger partial charge on any atom is 0.335 e. The van der Waals surface area contributed by atoms with Crippen LogP contribution in [0.2, 0.25) is 5.02 Å². The third-order valence-electron chi connectivity index (χ3n) is 2.93. The minimum absolute atomic E-state index is 0.0305. The normalized spacial score (nSPS) is 18.3. The van der Waals surface area contributed by atoms with Gasteiger partial charge in [0.05, 0.1) is 28.8 Å². The van der Waals surface area contributed by atoms with E-state index in [1.54, 1.807) is 0 Å². The van der Waals surface area contributed by atoms with Gasteiger partial charge in [0.2, 0.25) is 5.91 Å². The molecule has 1 atom stereocenters. The predicted molar refractivity (Wildman–Crippen MR) is 70.6 cm³/mol. The number of nitrogens with one attached hydrogen (secondary N) is 1. The van der Waals surface area contributed by atoms with E-state index in [1.807, 2.05) is 0 Å². The summed E-state index contributed by atoms with van der Waals surface area (Å²) in [5.41, 5.74) is 0.497. The topological polar surface area (TPSA) is 75.6 Å². The Morgan fingerprint density at radius 2 is 2.26 bits per heavy atom. The lowest BCUT2D eigenvalue weighted by Gasteiger charge is -2.11. The lowest BCUT2D eigenvalue weighted by atomic mass is 10.1. The molecule has 1 aliphatic rings. The molecular weight excluding hydrogens is 270 g/mol. The van der Waals surface area contributed by atoms with Gasteiger partial charge in [0.1, 0.15) is 0 Å². The van der Waals surface area contributed by atoms with Crippen LogP contribution in [0.4, 0.5) is 5.69 Å². The molecule has 0 saturated carbocycles. The van der Waals surface area contributed by atoms with Gasteiger partial charge in [0.25, 0.3) is 0 Å². The van der Waals surface area contributed by atoms with Crippen molar-refractivity contribution in [2.45, 2.75) is 25.4 Å². The Labute approximate surface area is 115 Å². The smallest absolute Gasteiger partial charge is 0.335 e. The van der Waals surface area contributed by atoms with E-state index in [-0.39, 0.29) is 29.0 Å². The van der Waals surface area contributed by atoms with Crippen LogP contribution in [0, 0.1) is 0 Å². The molecule has 0 aliphatic carbocycles.